The van der Waals surface area contributed by atoms with Crippen molar-refractivity contribution in [2.24, 2.45) is 0 Å². The molecule has 26 heavy (non-hydrogen) atoms. The van der Waals surface area contributed by atoms with Crippen molar-refractivity contribution in [3.05, 3.63) is 69.3 Å². The SMILES string of the molecule is Cc1cc(Cl)ccc1N1C(=O)C(Cl)=C(Nc2cccc(C(=O)O)c2)C1=O. The van der Waals surface area contributed by atoms with Crippen LogP contribution in [0, 0.1) is 6.92 Å². The highest BCUT2D eigenvalue weighted by atomic mass is 35.5. The van der Waals surface area contributed by atoms with Gasteiger partial charge < -0.3 is 10.4 Å². The summed E-state index contributed by atoms with van der Waals surface area (Å²) < 4.78 is 0. The maximum absolute atomic E-state index is 12.7. The van der Waals surface area contributed by atoms with Crippen molar-refractivity contribution >= 4 is 52.4 Å². The van der Waals surface area contributed by atoms with Gasteiger partial charge in [-0.25, -0.2) is 9.69 Å². The molecule has 0 atom stereocenters. The van der Waals surface area contributed by atoms with E-state index >= 15 is 0 Å². The molecule has 2 N–H and O–H groups in total. The van der Waals surface area contributed by atoms with Crippen LogP contribution in [0.1, 0.15) is 15.9 Å². The summed E-state index contributed by atoms with van der Waals surface area (Å²) >= 11 is 12.0. The zero-order chi connectivity index (χ0) is 19.0. The van der Waals surface area contributed by atoms with E-state index in [0.29, 0.717) is 22.0 Å². The topological polar surface area (TPSA) is 86.7 Å². The van der Waals surface area contributed by atoms with Gasteiger partial charge in [0.15, 0.2) is 0 Å². The van der Waals surface area contributed by atoms with E-state index in [-0.39, 0.29) is 16.3 Å². The molecular weight excluding hydrogens is 379 g/mol. The van der Waals surface area contributed by atoms with Crippen molar-refractivity contribution in [1.82, 2.24) is 0 Å². The number of anilines is 2. The van der Waals surface area contributed by atoms with Crippen LogP contribution in [0.2, 0.25) is 5.02 Å². The summed E-state index contributed by atoms with van der Waals surface area (Å²) in [4.78, 5) is 37.2. The van der Waals surface area contributed by atoms with E-state index in [1.54, 1.807) is 31.2 Å². The number of halogens is 2. The molecule has 0 aliphatic carbocycles. The van der Waals surface area contributed by atoms with Crippen LogP contribution in [0.25, 0.3) is 0 Å². The zero-order valence-electron chi connectivity index (χ0n) is 13.4. The largest absolute Gasteiger partial charge is 0.478 e. The van der Waals surface area contributed by atoms with E-state index in [2.05, 4.69) is 5.32 Å². The standard InChI is InChI=1S/C18H12Cl2N2O4/c1-9-7-11(19)5-6-13(9)22-16(23)14(20)15(17(22)24)21-12-4-2-3-10(8-12)18(25)26/h2-8,21H,1H3,(H,25,26). The van der Waals surface area contributed by atoms with E-state index in [1.807, 2.05) is 0 Å². The molecule has 0 saturated carbocycles. The lowest BCUT2D eigenvalue weighted by molar-refractivity contribution is -0.120. The van der Waals surface area contributed by atoms with E-state index in [1.165, 1.54) is 18.2 Å². The average Bonchev–Trinajstić information content (AvgIpc) is 2.79. The molecule has 1 heterocycles. The number of carboxylic acid groups (broad SMARTS) is 1. The Hall–Kier alpha value is -2.83. The molecular formula is C18H12Cl2N2O4. The summed E-state index contributed by atoms with van der Waals surface area (Å²) in [6, 6.07) is 10.6. The number of nitrogens with zero attached hydrogens (tertiary/aromatic N) is 1. The molecule has 2 aromatic rings. The van der Waals surface area contributed by atoms with Crippen molar-refractivity contribution in [2.45, 2.75) is 6.92 Å². The fourth-order valence-corrected chi connectivity index (χ4v) is 3.01. The summed E-state index contributed by atoms with van der Waals surface area (Å²) in [5.41, 5.74) is 1.26. The number of carboxylic acids is 1. The number of hydrogen-bond acceptors (Lipinski definition) is 4. The number of amides is 2. The third-order valence-corrected chi connectivity index (χ3v) is 4.39. The molecule has 3 rings (SSSR count). The van der Waals surface area contributed by atoms with Crippen molar-refractivity contribution < 1.29 is 19.5 Å². The first-order valence-corrected chi connectivity index (χ1v) is 8.20. The Kier molecular flexibility index (Phi) is 4.71. The first kappa shape index (κ1) is 18.0. The lowest BCUT2D eigenvalue weighted by Crippen LogP contribution is -2.32. The lowest BCUT2D eigenvalue weighted by atomic mass is 10.2. The van der Waals surface area contributed by atoms with Gasteiger partial charge in [-0.15, -0.1) is 0 Å². The molecule has 0 spiro atoms. The molecule has 2 amide bonds. The van der Waals surface area contributed by atoms with Gasteiger partial charge in [0, 0.05) is 10.7 Å². The molecule has 0 fully saturated rings. The number of carbonyl (C=O) groups is 3. The molecule has 1 aliphatic heterocycles. The second kappa shape index (κ2) is 6.82. The number of benzene rings is 2. The number of carbonyl (C=O) groups excluding carboxylic acids is 2. The average molecular weight is 391 g/mol. The third kappa shape index (κ3) is 3.16. The highest BCUT2D eigenvalue weighted by Gasteiger charge is 2.39. The Morgan fingerprint density at radius 2 is 1.81 bits per heavy atom. The second-order valence-electron chi connectivity index (χ2n) is 5.58. The molecule has 8 heteroatoms. The molecule has 1 aliphatic rings. The zero-order valence-corrected chi connectivity index (χ0v) is 14.9. The van der Waals surface area contributed by atoms with E-state index in [9.17, 15) is 14.4 Å². The van der Waals surface area contributed by atoms with Crippen molar-refractivity contribution in [2.75, 3.05) is 10.2 Å². The van der Waals surface area contributed by atoms with E-state index < -0.39 is 17.8 Å². The van der Waals surface area contributed by atoms with Gasteiger partial charge >= 0.3 is 5.97 Å². The Morgan fingerprint density at radius 3 is 2.46 bits per heavy atom. The fraction of sp³-hybridized carbons (Fsp3) is 0.0556. The second-order valence-corrected chi connectivity index (χ2v) is 6.39. The maximum Gasteiger partial charge on any atom is 0.335 e. The number of hydrogen-bond donors (Lipinski definition) is 2. The van der Waals surface area contributed by atoms with Gasteiger partial charge in [0.05, 0.1) is 11.3 Å². The molecule has 0 radical (unpaired) electrons. The third-order valence-electron chi connectivity index (χ3n) is 3.81. The van der Waals surface area contributed by atoms with Crippen LogP contribution in [-0.2, 0) is 9.59 Å². The predicted molar refractivity (Wildman–Crippen MR) is 98.6 cm³/mol. The predicted octanol–water partition coefficient (Wildman–Crippen LogP) is 3.78. The molecule has 0 bridgehead atoms. The number of nitrogens with one attached hydrogen (secondary N) is 1. The van der Waals surface area contributed by atoms with Crippen LogP contribution in [-0.4, -0.2) is 22.9 Å². The highest BCUT2D eigenvalue weighted by molar-refractivity contribution is 6.53. The normalized spacial score (nSPS) is 14.2. The monoisotopic (exact) mass is 390 g/mol. The van der Waals surface area contributed by atoms with Crippen LogP contribution >= 0.6 is 23.2 Å². The van der Waals surface area contributed by atoms with Gasteiger partial charge in [-0.1, -0.05) is 29.3 Å². The smallest absolute Gasteiger partial charge is 0.335 e. The summed E-state index contributed by atoms with van der Waals surface area (Å²) in [5, 5.41) is 12.0. The number of rotatable bonds is 4. The molecule has 0 saturated heterocycles. The first-order chi connectivity index (χ1) is 12.3. The van der Waals surface area contributed by atoms with Crippen molar-refractivity contribution in [3.63, 3.8) is 0 Å². The minimum atomic E-state index is -1.11. The molecule has 2 aromatic carbocycles. The van der Waals surface area contributed by atoms with Gasteiger partial charge in [-0.3, -0.25) is 9.59 Å². The van der Waals surface area contributed by atoms with E-state index in [0.717, 1.165) is 4.90 Å². The van der Waals surface area contributed by atoms with Gasteiger partial charge in [0.1, 0.15) is 10.7 Å². The quantitative estimate of drug-likeness (QED) is 0.775. The van der Waals surface area contributed by atoms with Crippen LogP contribution in [0.3, 0.4) is 0 Å². The number of imide groups is 1. The minimum Gasteiger partial charge on any atom is -0.478 e. The van der Waals surface area contributed by atoms with Crippen LogP contribution in [0.15, 0.2) is 53.2 Å². The van der Waals surface area contributed by atoms with Gasteiger partial charge in [0.2, 0.25) is 0 Å². The molecule has 6 nitrogen and oxygen atoms in total. The highest BCUT2D eigenvalue weighted by Crippen LogP contribution is 2.33. The van der Waals surface area contributed by atoms with Gasteiger partial charge in [-0.2, -0.15) is 0 Å². The number of aromatic carboxylic acids is 1. The minimum absolute atomic E-state index is 0.0360. The first-order valence-electron chi connectivity index (χ1n) is 7.44. The summed E-state index contributed by atoms with van der Waals surface area (Å²) in [6.07, 6.45) is 0. The van der Waals surface area contributed by atoms with Gasteiger partial charge in [0.25, 0.3) is 11.8 Å². The Morgan fingerprint density at radius 1 is 1.08 bits per heavy atom. The summed E-state index contributed by atoms with van der Waals surface area (Å²) in [5.74, 6) is -2.41. The number of aryl methyl sites for hydroxylation is 1. The molecule has 0 aromatic heterocycles. The van der Waals surface area contributed by atoms with Crippen LogP contribution in [0.4, 0.5) is 11.4 Å². The Bertz CT molecular complexity index is 985. The summed E-state index contributed by atoms with van der Waals surface area (Å²) in [6.45, 7) is 1.72. The van der Waals surface area contributed by atoms with Crippen molar-refractivity contribution in [3.8, 4) is 0 Å². The van der Waals surface area contributed by atoms with E-state index in [4.69, 9.17) is 28.3 Å². The Labute approximate surface area is 158 Å². The van der Waals surface area contributed by atoms with Crippen LogP contribution in [0.5, 0.6) is 0 Å². The van der Waals surface area contributed by atoms with Crippen molar-refractivity contribution in [1.29, 1.82) is 0 Å². The fourth-order valence-electron chi connectivity index (χ4n) is 2.57. The summed E-state index contributed by atoms with van der Waals surface area (Å²) in [7, 11) is 0. The van der Waals surface area contributed by atoms with Crippen LogP contribution < -0.4 is 10.2 Å². The Balaban J connectivity index is 1.94. The van der Waals surface area contributed by atoms with Gasteiger partial charge in [-0.05, 0) is 48.9 Å². The maximum atomic E-state index is 12.7. The molecule has 0 unspecified atom stereocenters. The lowest BCUT2D eigenvalue weighted by Gasteiger charge is -2.17. The molecule has 132 valence electrons.